The Bertz CT molecular complexity index is 576. The molecule has 0 radical (unpaired) electrons. The third kappa shape index (κ3) is 3.37. The molecule has 0 aliphatic heterocycles. The van der Waals surface area contributed by atoms with Crippen LogP contribution in [-0.4, -0.2) is 11.7 Å². The lowest BCUT2D eigenvalue weighted by atomic mass is 9.92. The van der Waals surface area contributed by atoms with Gasteiger partial charge in [0, 0.05) is 11.6 Å². The average Bonchev–Trinajstić information content (AvgIpc) is 2.47. The molecule has 0 aliphatic rings. The van der Waals surface area contributed by atoms with Crippen LogP contribution in [-0.2, 0) is 12.1 Å². The molecule has 4 heteroatoms. The van der Waals surface area contributed by atoms with Gasteiger partial charge in [-0.05, 0) is 30.2 Å². The first-order chi connectivity index (χ1) is 9.55. The Kier molecular flexibility index (Phi) is 4.76. The second kappa shape index (κ2) is 6.35. The van der Waals surface area contributed by atoms with E-state index in [1.807, 2.05) is 37.3 Å². The SMILES string of the molecule is CC(CO)(NCc1ccc(F)cc1Cl)c1ccccc1. The number of benzene rings is 2. The predicted molar refractivity (Wildman–Crippen MR) is 79.1 cm³/mol. The van der Waals surface area contributed by atoms with Gasteiger partial charge in [-0.15, -0.1) is 0 Å². The van der Waals surface area contributed by atoms with Crippen molar-refractivity contribution in [3.05, 3.63) is 70.5 Å². The first-order valence-corrected chi connectivity index (χ1v) is 6.78. The van der Waals surface area contributed by atoms with Crippen LogP contribution in [0.25, 0.3) is 0 Å². The van der Waals surface area contributed by atoms with Crippen molar-refractivity contribution < 1.29 is 9.50 Å². The van der Waals surface area contributed by atoms with Crippen molar-refractivity contribution in [3.63, 3.8) is 0 Å². The summed E-state index contributed by atoms with van der Waals surface area (Å²) in [7, 11) is 0. The zero-order chi connectivity index (χ0) is 14.6. The number of aliphatic hydroxyl groups is 1. The van der Waals surface area contributed by atoms with Gasteiger partial charge < -0.3 is 10.4 Å². The Morgan fingerprint density at radius 1 is 1.20 bits per heavy atom. The van der Waals surface area contributed by atoms with Crippen LogP contribution in [0, 0.1) is 5.82 Å². The Morgan fingerprint density at radius 2 is 1.90 bits per heavy atom. The molecular formula is C16H17ClFNO. The second-order valence-electron chi connectivity index (χ2n) is 4.95. The molecule has 2 aromatic rings. The van der Waals surface area contributed by atoms with Crippen molar-refractivity contribution in [2.75, 3.05) is 6.61 Å². The van der Waals surface area contributed by atoms with E-state index in [4.69, 9.17) is 11.6 Å². The predicted octanol–water partition coefficient (Wildman–Crippen LogP) is 3.48. The van der Waals surface area contributed by atoms with Crippen LogP contribution in [0.15, 0.2) is 48.5 Å². The topological polar surface area (TPSA) is 32.3 Å². The molecule has 0 amide bonds. The zero-order valence-corrected chi connectivity index (χ0v) is 12.0. The van der Waals surface area contributed by atoms with Gasteiger partial charge in [-0.1, -0.05) is 48.0 Å². The first kappa shape index (κ1) is 15.0. The number of hydrogen-bond donors (Lipinski definition) is 2. The van der Waals surface area contributed by atoms with E-state index >= 15 is 0 Å². The number of hydrogen-bond acceptors (Lipinski definition) is 2. The minimum atomic E-state index is -0.570. The molecule has 2 rings (SSSR count). The standard InChI is InChI=1S/C16H17ClFNO/c1-16(11-20,13-5-3-2-4-6-13)19-10-12-7-8-14(18)9-15(12)17/h2-9,19-20H,10-11H2,1H3. The fraction of sp³-hybridized carbons (Fsp3) is 0.250. The summed E-state index contributed by atoms with van der Waals surface area (Å²) < 4.78 is 13.0. The fourth-order valence-corrected chi connectivity index (χ4v) is 2.24. The fourth-order valence-electron chi connectivity index (χ4n) is 2.01. The molecular weight excluding hydrogens is 277 g/mol. The molecule has 0 spiro atoms. The zero-order valence-electron chi connectivity index (χ0n) is 11.2. The van der Waals surface area contributed by atoms with Crippen LogP contribution in [0.4, 0.5) is 4.39 Å². The summed E-state index contributed by atoms with van der Waals surface area (Å²) in [6.07, 6.45) is 0. The summed E-state index contributed by atoms with van der Waals surface area (Å²) in [5, 5.41) is 13.3. The number of rotatable bonds is 5. The van der Waals surface area contributed by atoms with Gasteiger partial charge in [-0.25, -0.2) is 4.39 Å². The quantitative estimate of drug-likeness (QED) is 0.885. The summed E-state index contributed by atoms with van der Waals surface area (Å²) in [4.78, 5) is 0. The minimum absolute atomic E-state index is 0.0458. The van der Waals surface area contributed by atoms with E-state index in [1.54, 1.807) is 6.07 Å². The smallest absolute Gasteiger partial charge is 0.124 e. The number of halogens is 2. The van der Waals surface area contributed by atoms with Gasteiger partial charge in [-0.2, -0.15) is 0 Å². The second-order valence-corrected chi connectivity index (χ2v) is 5.35. The van der Waals surface area contributed by atoms with E-state index in [9.17, 15) is 9.50 Å². The minimum Gasteiger partial charge on any atom is -0.394 e. The largest absolute Gasteiger partial charge is 0.394 e. The lowest BCUT2D eigenvalue weighted by Gasteiger charge is -2.29. The van der Waals surface area contributed by atoms with Crippen LogP contribution in [0.5, 0.6) is 0 Å². The third-order valence-electron chi connectivity index (χ3n) is 3.41. The van der Waals surface area contributed by atoms with Crippen LogP contribution in [0.1, 0.15) is 18.1 Å². The number of nitrogens with one attached hydrogen (secondary N) is 1. The maximum Gasteiger partial charge on any atom is 0.124 e. The first-order valence-electron chi connectivity index (χ1n) is 6.40. The van der Waals surface area contributed by atoms with Crippen LogP contribution in [0.2, 0.25) is 5.02 Å². The summed E-state index contributed by atoms with van der Waals surface area (Å²) in [6, 6.07) is 14.0. The van der Waals surface area contributed by atoms with Crippen molar-refractivity contribution >= 4 is 11.6 Å². The highest BCUT2D eigenvalue weighted by atomic mass is 35.5. The van der Waals surface area contributed by atoms with E-state index in [0.29, 0.717) is 11.6 Å². The van der Waals surface area contributed by atoms with Gasteiger partial charge in [0.1, 0.15) is 5.82 Å². The molecule has 0 saturated carbocycles. The van der Waals surface area contributed by atoms with Crippen LogP contribution in [0.3, 0.4) is 0 Å². The molecule has 0 saturated heterocycles. The molecule has 20 heavy (non-hydrogen) atoms. The Labute approximate surface area is 123 Å². The molecule has 0 fully saturated rings. The highest BCUT2D eigenvalue weighted by Crippen LogP contribution is 2.22. The average molecular weight is 294 g/mol. The van der Waals surface area contributed by atoms with E-state index in [1.165, 1.54) is 12.1 Å². The van der Waals surface area contributed by atoms with Gasteiger partial charge in [-0.3, -0.25) is 0 Å². The molecule has 1 atom stereocenters. The molecule has 2 nitrogen and oxygen atoms in total. The molecule has 2 aromatic carbocycles. The Balaban J connectivity index is 2.15. The summed E-state index contributed by atoms with van der Waals surface area (Å²) in [5.41, 5.74) is 1.21. The van der Waals surface area contributed by atoms with Crippen molar-refractivity contribution in [1.82, 2.24) is 5.32 Å². The summed E-state index contributed by atoms with van der Waals surface area (Å²) >= 11 is 6.01. The molecule has 0 bridgehead atoms. The lowest BCUT2D eigenvalue weighted by Crippen LogP contribution is -2.42. The molecule has 0 aliphatic carbocycles. The monoisotopic (exact) mass is 293 g/mol. The van der Waals surface area contributed by atoms with E-state index in [-0.39, 0.29) is 12.4 Å². The third-order valence-corrected chi connectivity index (χ3v) is 3.76. The van der Waals surface area contributed by atoms with Gasteiger partial charge in [0.15, 0.2) is 0 Å². The van der Waals surface area contributed by atoms with Crippen molar-refractivity contribution in [2.45, 2.75) is 19.0 Å². The van der Waals surface area contributed by atoms with Crippen LogP contribution < -0.4 is 5.32 Å². The molecule has 1 unspecified atom stereocenters. The van der Waals surface area contributed by atoms with Gasteiger partial charge in [0.25, 0.3) is 0 Å². The van der Waals surface area contributed by atoms with E-state index in [2.05, 4.69) is 5.32 Å². The Morgan fingerprint density at radius 3 is 2.50 bits per heavy atom. The van der Waals surface area contributed by atoms with Crippen molar-refractivity contribution in [1.29, 1.82) is 0 Å². The molecule has 0 aromatic heterocycles. The molecule has 0 heterocycles. The highest BCUT2D eigenvalue weighted by molar-refractivity contribution is 6.31. The van der Waals surface area contributed by atoms with Crippen LogP contribution >= 0.6 is 11.6 Å². The van der Waals surface area contributed by atoms with Gasteiger partial charge in [0.05, 0.1) is 12.1 Å². The summed E-state index contributed by atoms with van der Waals surface area (Å²) in [5.74, 6) is -0.355. The molecule has 106 valence electrons. The highest BCUT2D eigenvalue weighted by Gasteiger charge is 2.24. The van der Waals surface area contributed by atoms with Crippen molar-refractivity contribution in [2.24, 2.45) is 0 Å². The maximum absolute atomic E-state index is 13.0. The maximum atomic E-state index is 13.0. The van der Waals surface area contributed by atoms with Crippen molar-refractivity contribution in [3.8, 4) is 0 Å². The summed E-state index contributed by atoms with van der Waals surface area (Å²) in [6.45, 7) is 2.32. The normalized spacial score (nSPS) is 14.0. The molecule has 2 N–H and O–H groups in total. The lowest BCUT2D eigenvalue weighted by molar-refractivity contribution is 0.173. The van der Waals surface area contributed by atoms with Gasteiger partial charge in [0.2, 0.25) is 0 Å². The van der Waals surface area contributed by atoms with E-state index in [0.717, 1.165) is 11.1 Å². The van der Waals surface area contributed by atoms with E-state index < -0.39 is 5.54 Å². The Hall–Kier alpha value is -1.42. The van der Waals surface area contributed by atoms with Gasteiger partial charge >= 0.3 is 0 Å². The number of aliphatic hydroxyl groups excluding tert-OH is 1.